The minimum absolute atomic E-state index is 1.22. The van der Waals surface area contributed by atoms with Crippen molar-refractivity contribution in [3.8, 4) is 0 Å². The fourth-order valence-corrected chi connectivity index (χ4v) is 3.11. The third-order valence-electron chi connectivity index (χ3n) is 2.18. The van der Waals surface area contributed by atoms with E-state index in [4.69, 9.17) is 19.4 Å². The Hall–Kier alpha value is 0.1000. The summed E-state index contributed by atoms with van der Waals surface area (Å²) in [5.41, 5.74) is 0. The first kappa shape index (κ1) is 17.2. The van der Waals surface area contributed by atoms with Crippen LogP contribution in [-0.2, 0) is 22.7 Å². The van der Waals surface area contributed by atoms with Gasteiger partial charge < -0.3 is 34.7 Å². The second-order valence-electron chi connectivity index (χ2n) is 3.84. The molecule has 114 valence electrons. The molecule has 1 saturated heterocycles. The molecule has 0 saturated carbocycles. The second kappa shape index (κ2) is 5.84. The van der Waals surface area contributed by atoms with Gasteiger partial charge >= 0.3 is 15.6 Å². The first-order valence-electron chi connectivity index (χ1n) is 4.91. The third kappa shape index (κ3) is 4.85. The molecule has 6 N–H and O–H groups in total. The van der Waals surface area contributed by atoms with Crippen molar-refractivity contribution in [1.82, 2.24) is 0 Å². The van der Waals surface area contributed by atoms with E-state index in [1.807, 2.05) is 0 Å². The van der Waals surface area contributed by atoms with Crippen LogP contribution >= 0.6 is 15.6 Å². The highest BCUT2D eigenvalue weighted by atomic mass is 31.3. The Morgan fingerprint density at radius 1 is 1.16 bits per heavy atom. The number of phosphoric acid groups is 2. The molecule has 1 rings (SSSR count). The predicted octanol–water partition coefficient (Wildman–Crippen LogP) is -1.96. The minimum Gasteiger partial charge on any atom is -0.391 e. The van der Waals surface area contributed by atoms with Crippen LogP contribution in [0.15, 0.2) is 0 Å². The largest absolute Gasteiger partial charge is 0.483 e. The molecular weight excluding hydrogens is 310 g/mol. The molecule has 0 aromatic carbocycles. The lowest BCUT2D eigenvalue weighted by molar-refractivity contribution is -0.136. The van der Waals surface area contributed by atoms with E-state index in [1.54, 1.807) is 0 Å². The summed E-state index contributed by atoms with van der Waals surface area (Å²) in [6.45, 7) is 1.23. The topological polar surface area (TPSA) is 183 Å². The van der Waals surface area contributed by atoms with Crippen LogP contribution in [0.5, 0.6) is 0 Å². The average molecular weight is 324 g/mol. The Labute approximate surface area is 107 Å². The van der Waals surface area contributed by atoms with E-state index in [2.05, 4.69) is 8.83 Å². The highest BCUT2D eigenvalue weighted by Gasteiger charge is 2.49. The summed E-state index contributed by atoms with van der Waals surface area (Å²) in [6, 6.07) is 0. The van der Waals surface area contributed by atoms with E-state index in [1.165, 1.54) is 6.92 Å². The Kier molecular flexibility index (Phi) is 5.27. The van der Waals surface area contributed by atoms with Crippen molar-refractivity contribution < 1.29 is 52.7 Å². The van der Waals surface area contributed by atoms with Crippen molar-refractivity contribution in [1.29, 1.82) is 0 Å². The van der Waals surface area contributed by atoms with Crippen molar-refractivity contribution in [2.45, 2.75) is 37.6 Å². The molecular formula is C6H14O11P2. The number of rotatable bonds is 5. The van der Waals surface area contributed by atoms with E-state index in [0.29, 0.717) is 0 Å². The van der Waals surface area contributed by atoms with Gasteiger partial charge in [0.2, 0.25) is 0 Å². The smallest absolute Gasteiger partial charge is 0.391 e. The van der Waals surface area contributed by atoms with Crippen molar-refractivity contribution in [2.24, 2.45) is 0 Å². The summed E-state index contributed by atoms with van der Waals surface area (Å²) in [5.74, 6) is 0. The lowest BCUT2D eigenvalue weighted by Crippen LogP contribution is -2.37. The first-order valence-corrected chi connectivity index (χ1v) is 7.93. The number of phosphoric ester groups is 1. The van der Waals surface area contributed by atoms with Gasteiger partial charge in [0.15, 0.2) is 6.29 Å². The molecule has 0 spiro atoms. The van der Waals surface area contributed by atoms with Gasteiger partial charge in [-0.15, -0.1) is 0 Å². The third-order valence-corrected chi connectivity index (χ3v) is 4.33. The maximum atomic E-state index is 11.2. The van der Waals surface area contributed by atoms with Crippen molar-refractivity contribution in [2.75, 3.05) is 0 Å². The monoisotopic (exact) mass is 324 g/mol. The van der Waals surface area contributed by atoms with Gasteiger partial charge in [-0.25, -0.2) is 9.13 Å². The summed E-state index contributed by atoms with van der Waals surface area (Å²) in [6.07, 6.45) is -7.83. The van der Waals surface area contributed by atoms with Crippen LogP contribution in [0, 0.1) is 0 Å². The Bertz CT molecular complexity index is 404. The molecule has 2 unspecified atom stereocenters. The molecule has 1 aliphatic heterocycles. The molecule has 19 heavy (non-hydrogen) atoms. The van der Waals surface area contributed by atoms with Crippen LogP contribution in [-0.4, -0.2) is 60.7 Å². The van der Waals surface area contributed by atoms with Crippen LogP contribution in [0.2, 0.25) is 0 Å². The zero-order valence-corrected chi connectivity index (χ0v) is 11.3. The van der Waals surface area contributed by atoms with Crippen molar-refractivity contribution in [3.05, 3.63) is 0 Å². The molecule has 13 heteroatoms. The Balaban J connectivity index is 2.73. The van der Waals surface area contributed by atoms with Gasteiger partial charge in [0.05, 0.1) is 6.10 Å². The van der Waals surface area contributed by atoms with Gasteiger partial charge in [-0.3, -0.25) is 4.52 Å². The molecule has 11 nitrogen and oxygen atoms in total. The molecule has 0 bridgehead atoms. The van der Waals surface area contributed by atoms with Crippen LogP contribution < -0.4 is 0 Å². The van der Waals surface area contributed by atoms with E-state index in [0.717, 1.165) is 0 Å². The maximum Gasteiger partial charge on any atom is 0.483 e. The van der Waals surface area contributed by atoms with Gasteiger partial charge in [0.1, 0.15) is 18.3 Å². The number of aliphatic hydroxyl groups excluding tert-OH is 3. The fraction of sp³-hybridized carbons (Fsp3) is 1.00. The van der Waals surface area contributed by atoms with E-state index >= 15 is 0 Å². The average Bonchev–Trinajstić information content (AvgIpc) is 2.41. The summed E-state index contributed by atoms with van der Waals surface area (Å²) in [5, 5.41) is 28.1. The summed E-state index contributed by atoms with van der Waals surface area (Å²) in [4.78, 5) is 25.8. The number of hydrogen-bond donors (Lipinski definition) is 6. The molecule has 1 heterocycles. The van der Waals surface area contributed by atoms with Crippen molar-refractivity contribution in [3.63, 3.8) is 0 Å². The SMILES string of the molecule is C[C@@H](O)[C@@H]1OC(OP(=O)(O)OP(=O)(O)O)[C@H](O)[C@H]1O. The van der Waals surface area contributed by atoms with E-state index in [-0.39, 0.29) is 0 Å². The highest BCUT2D eigenvalue weighted by molar-refractivity contribution is 7.60. The fourth-order valence-electron chi connectivity index (χ4n) is 1.44. The van der Waals surface area contributed by atoms with Gasteiger partial charge in [0.25, 0.3) is 0 Å². The summed E-state index contributed by atoms with van der Waals surface area (Å²) in [7, 11) is -10.5. The van der Waals surface area contributed by atoms with Crippen LogP contribution in [0.1, 0.15) is 6.92 Å². The Morgan fingerprint density at radius 2 is 1.68 bits per heavy atom. The van der Waals surface area contributed by atoms with E-state index in [9.17, 15) is 24.4 Å². The number of ether oxygens (including phenoxy) is 1. The first-order chi connectivity index (χ1) is 8.43. The zero-order valence-electron chi connectivity index (χ0n) is 9.51. The molecule has 0 aromatic heterocycles. The number of hydrogen-bond acceptors (Lipinski definition) is 8. The van der Waals surface area contributed by atoms with Gasteiger partial charge in [0, 0.05) is 0 Å². The zero-order chi connectivity index (χ0) is 15.0. The summed E-state index contributed by atoms with van der Waals surface area (Å²) >= 11 is 0. The molecule has 0 radical (unpaired) electrons. The molecule has 1 aliphatic rings. The van der Waals surface area contributed by atoms with Crippen LogP contribution in [0.4, 0.5) is 0 Å². The summed E-state index contributed by atoms with van der Waals surface area (Å²) < 4.78 is 34.0. The number of aliphatic hydroxyl groups is 3. The quantitative estimate of drug-likeness (QED) is 0.309. The normalized spacial score (nSPS) is 37.0. The van der Waals surface area contributed by atoms with E-state index < -0.39 is 46.4 Å². The minimum atomic E-state index is -5.30. The van der Waals surface area contributed by atoms with Gasteiger partial charge in [-0.1, -0.05) is 0 Å². The lowest BCUT2D eigenvalue weighted by Gasteiger charge is -2.19. The highest BCUT2D eigenvalue weighted by Crippen LogP contribution is 2.58. The van der Waals surface area contributed by atoms with Crippen LogP contribution in [0.25, 0.3) is 0 Å². The van der Waals surface area contributed by atoms with Crippen LogP contribution in [0.3, 0.4) is 0 Å². The second-order valence-corrected chi connectivity index (χ2v) is 6.62. The maximum absolute atomic E-state index is 11.2. The van der Waals surface area contributed by atoms with Gasteiger partial charge in [-0.05, 0) is 6.92 Å². The predicted molar refractivity (Wildman–Crippen MR) is 56.4 cm³/mol. The standard InChI is InChI=1S/C6H14O11P2/c1-2(7)5-3(8)4(9)6(15-5)16-19(13,14)17-18(10,11)12/h2-9H,1H3,(H,13,14)(H2,10,11,12)/t2-,3-,4-,5+,6?/m1/s1. The molecule has 1 fully saturated rings. The molecule has 0 aliphatic carbocycles. The molecule has 6 atom stereocenters. The lowest BCUT2D eigenvalue weighted by atomic mass is 10.1. The van der Waals surface area contributed by atoms with Crippen molar-refractivity contribution >= 4 is 15.6 Å². The van der Waals surface area contributed by atoms with Gasteiger partial charge in [-0.2, -0.15) is 4.31 Å². The molecule has 0 amide bonds. The molecule has 0 aromatic rings. The Morgan fingerprint density at radius 3 is 2.05 bits per heavy atom.